The SMILES string of the molecule is CCOC1CC(N)(C(=O)Nc2ccc(C)c(S(=O)(=O)N(C)C)c2)C1(C)C. The average Bonchev–Trinajstić information content (AvgIpc) is 2.55. The minimum Gasteiger partial charge on any atom is -0.378 e. The lowest BCUT2D eigenvalue weighted by molar-refractivity contribution is -0.166. The molecule has 146 valence electrons. The first kappa shape index (κ1) is 20.8. The second-order valence-electron chi connectivity index (χ2n) is 7.56. The summed E-state index contributed by atoms with van der Waals surface area (Å²) in [5.41, 5.74) is 5.80. The standard InChI is InChI=1S/C18H29N3O4S/c1-7-25-15-11-18(19,17(15,3)4)16(22)20-13-9-8-12(2)14(10-13)26(23,24)21(5)6/h8-10,15H,7,11,19H2,1-6H3,(H,20,22). The van der Waals surface area contributed by atoms with Crippen LogP contribution in [0.2, 0.25) is 0 Å². The van der Waals surface area contributed by atoms with Crippen LogP contribution in [0.1, 0.15) is 32.8 Å². The van der Waals surface area contributed by atoms with Crippen molar-refractivity contribution in [1.82, 2.24) is 4.31 Å². The predicted octanol–water partition coefficient (Wildman–Crippen LogP) is 1.72. The maximum absolute atomic E-state index is 12.8. The number of anilines is 1. The molecule has 1 aliphatic carbocycles. The molecule has 26 heavy (non-hydrogen) atoms. The van der Waals surface area contributed by atoms with Crippen molar-refractivity contribution >= 4 is 21.6 Å². The quantitative estimate of drug-likeness (QED) is 0.779. The highest BCUT2D eigenvalue weighted by Gasteiger charge is 2.62. The number of nitrogens with two attached hydrogens (primary N) is 1. The van der Waals surface area contributed by atoms with Crippen LogP contribution in [-0.4, -0.2) is 51.0 Å². The molecular weight excluding hydrogens is 354 g/mol. The number of hydrogen-bond acceptors (Lipinski definition) is 5. The van der Waals surface area contributed by atoms with E-state index in [-0.39, 0.29) is 16.9 Å². The fourth-order valence-electron chi connectivity index (χ4n) is 3.22. The van der Waals surface area contributed by atoms with Crippen LogP contribution in [0.3, 0.4) is 0 Å². The van der Waals surface area contributed by atoms with Crippen molar-refractivity contribution in [1.29, 1.82) is 0 Å². The minimum absolute atomic E-state index is 0.0778. The maximum atomic E-state index is 12.8. The van der Waals surface area contributed by atoms with Crippen LogP contribution in [0.4, 0.5) is 5.69 Å². The molecule has 3 N–H and O–H groups in total. The Morgan fingerprint density at radius 1 is 1.38 bits per heavy atom. The lowest BCUT2D eigenvalue weighted by atomic mass is 9.54. The average molecular weight is 384 g/mol. The van der Waals surface area contributed by atoms with Gasteiger partial charge in [0, 0.05) is 38.2 Å². The highest BCUT2D eigenvalue weighted by atomic mass is 32.2. The van der Waals surface area contributed by atoms with Gasteiger partial charge in [0.2, 0.25) is 15.9 Å². The van der Waals surface area contributed by atoms with Crippen LogP contribution in [0.25, 0.3) is 0 Å². The summed E-state index contributed by atoms with van der Waals surface area (Å²) in [6.45, 7) is 8.01. The van der Waals surface area contributed by atoms with E-state index in [9.17, 15) is 13.2 Å². The molecule has 0 spiro atoms. The molecule has 2 unspecified atom stereocenters. The summed E-state index contributed by atoms with van der Waals surface area (Å²) in [5.74, 6) is -0.337. The summed E-state index contributed by atoms with van der Waals surface area (Å²) >= 11 is 0. The second-order valence-corrected chi connectivity index (χ2v) is 9.68. The molecule has 0 aliphatic heterocycles. The molecule has 2 atom stereocenters. The molecule has 1 fully saturated rings. The number of rotatable bonds is 6. The third kappa shape index (κ3) is 3.26. The molecule has 1 aromatic rings. The van der Waals surface area contributed by atoms with Crippen molar-refractivity contribution in [2.75, 3.05) is 26.0 Å². The summed E-state index contributed by atoms with van der Waals surface area (Å²) < 4.78 is 31.7. The van der Waals surface area contributed by atoms with Gasteiger partial charge in [-0.3, -0.25) is 4.79 Å². The Morgan fingerprint density at radius 3 is 2.50 bits per heavy atom. The number of carbonyl (C=O) groups excluding carboxylic acids is 1. The zero-order chi connectivity index (χ0) is 19.9. The van der Waals surface area contributed by atoms with E-state index in [1.54, 1.807) is 19.1 Å². The van der Waals surface area contributed by atoms with Gasteiger partial charge in [-0.2, -0.15) is 0 Å². The first-order valence-corrected chi connectivity index (χ1v) is 10.1. The zero-order valence-corrected chi connectivity index (χ0v) is 17.1. The summed E-state index contributed by atoms with van der Waals surface area (Å²) in [5, 5.41) is 2.78. The van der Waals surface area contributed by atoms with E-state index in [4.69, 9.17) is 10.5 Å². The van der Waals surface area contributed by atoms with E-state index in [1.165, 1.54) is 20.2 Å². The van der Waals surface area contributed by atoms with E-state index >= 15 is 0 Å². The van der Waals surface area contributed by atoms with Crippen molar-refractivity contribution in [3.63, 3.8) is 0 Å². The summed E-state index contributed by atoms with van der Waals surface area (Å²) in [7, 11) is -0.657. The van der Waals surface area contributed by atoms with Crippen LogP contribution in [0.15, 0.2) is 23.1 Å². The lowest BCUT2D eigenvalue weighted by Gasteiger charge is -2.57. The molecular formula is C18H29N3O4S. The number of ether oxygens (including phenoxy) is 1. The molecule has 8 heteroatoms. The van der Waals surface area contributed by atoms with Gasteiger partial charge in [-0.05, 0) is 31.5 Å². The third-order valence-corrected chi connectivity index (χ3v) is 7.40. The molecule has 0 radical (unpaired) electrons. The molecule has 7 nitrogen and oxygen atoms in total. The van der Waals surface area contributed by atoms with Gasteiger partial charge in [0.05, 0.1) is 11.0 Å². The summed E-state index contributed by atoms with van der Waals surface area (Å²) in [4.78, 5) is 13.0. The Hall–Kier alpha value is -1.48. The van der Waals surface area contributed by atoms with Gasteiger partial charge in [-0.25, -0.2) is 12.7 Å². The first-order chi connectivity index (χ1) is 11.9. The monoisotopic (exact) mass is 383 g/mol. The van der Waals surface area contributed by atoms with Crippen LogP contribution in [-0.2, 0) is 19.6 Å². The number of nitrogens with zero attached hydrogens (tertiary/aromatic N) is 1. The Balaban J connectivity index is 2.26. The van der Waals surface area contributed by atoms with Gasteiger partial charge in [0.25, 0.3) is 0 Å². The fourth-order valence-corrected chi connectivity index (χ4v) is 4.36. The first-order valence-electron chi connectivity index (χ1n) is 8.63. The molecule has 0 heterocycles. The van der Waals surface area contributed by atoms with E-state index in [2.05, 4.69) is 5.32 Å². The van der Waals surface area contributed by atoms with E-state index < -0.39 is 21.0 Å². The van der Waals surface area contributed by atoms with Crippen molar-refractivity contribution in [3.8, 4) is 0 Å². The zero-order valence-electron chi connectivity index (χ0n) is 16.3. The highest BCUT2D eigenvalue weighted by molar-refractivity contribution is 7.89. The molecule has 0 bridgehead atoms. The predicted molar refractivity (Wildman–Crippen MR) is 101 cm³/mol. The van der Waals surface area contributed by atoms with Crippen molar-refractivity contribution in [2.45, 2.75) is 50.7 Å². The van der Waals surface area contributed by atoms with Gasteiger partial charge >= 0.3 is 0 Å². The Bertz CT molecular complexity index is 805. The van der Waals surface area contributed by atoms with E-state index in [0.29, 0.717) is 24.3 Å². The Labute approximate surface area is 155 Å². The van der Waals surface area contributed by atoms with Gasteiger partial charge in [0.15, 0.2) is 0 Å². The number of amides is 1. The normalized spacial score (nSPS) is 25.0. The van der Waals surface area contributed by atoms with Crippen LogP contribution in [0, 0.1) is 12.3 Å². The van der Waals surface area contributed by atoms with E-state index in [1.807, 2.05) is 20.8 Å². The maximum Gasteiger partial charge on any atom is 0.245 e. The topological polar surface area (TPSA) is 102 Å². The fraction of sp³-hybridized carbons (Fsp3) is 0.611. The van der Waals surface area contributed by atoms with Crippen LogP contribution >= 0.6 is 0 Å². The van der Waals surface area contributed by atoms with E-state index in [0.717, 1.165) is 4.31 Å². The highest BCUT2D eigenvalue weighted by Crippen LogP contribution is 2.50. The number of benzene rings is 1. The molecule has 1 amide bonds. The largest absolute Gasteiger partial charge is 0.378 e. The van der Waals surface area contributed by atoms with Crippen LogP contribution in [0.5, 0.6) is 0 Å². The van der Waals surface area contributed by atoms with Crippen molar-refractivity contribution in [2.24, 2.45) is 11.1 Å². The third-order valence-electron chi connectivity index (χ3n) is 5.44. The minimum atomic E-state index is -3.60. The molecule has 2 rings (SSSR count). The number of sulfonamides is 1. The molecule has 1 aliphatic rings. The van der Waals surface area contributed by atoms with Gasteiger partial charge < -0.3 is 15.8 Å². The summed E-state index contributed by atoms with van der Waals surface area (Å²) in [6, 6.07) is 4.82. The Morgan fingerprint density at radius 2 is 2.00 bits per heavy atom. The lowest BCUT2D eigenvalue weighted by Crippen LogP contribution is -2.74. The molecule has 0 saturated heterocycles. The number of carbonyl (C=O) groups is 1. The van der Waals surface area contributed by atoms with Crippen LogP contribution < -0.4 is 11.1 Å². The molecule has 0 aromatic heterocycles. The summed E-state index contributed by atoms with van der Waals surface area (Å²) in [6.07, 6.45) is 0.347. The number of nitrogens with one attached hydrogen (secondary N) is 1. The van der Waals surface area contributed by atoms with Crippen molar-refractivity contribution < 1.29 is 17.9 Å². The number of hydrogen-bond donors (Lipinski definition) is 2. The molecule has 1 aromatic carbocycles. The van der Waals surface area contributed by atoms with Crippen molar-refractivity contribution in [3.05, 3.63) is 23.8 Å². The smallest absolute Gasteiger partial charge is 0.245 e. The second kappa shape index (κ2) is 6.92. The molecule has 1 saturated carbocycles. The number of aryl methyl sites for hydroxylation is 1. The van der Waals surface area contributed by atoms with Gasteiger partial charge in [-0.15, -0.1) is 0 Å². The Kier molecular flexibility index (Phi) is 5.54. The van der Waals surface area contributed by atoms with Gasteiger partial charge in [0.1, 0.15) is 5.54 Å². The van der Waals surface area contributed by atoms with Gasteiger partial charge in [-0.1, -0.05) is 19.9 Å².